The standard InChI is InChI=1S/C15H25BrN2O/c1-11(2)13(8-17)10-18(3)9-12-7-14(16)5-6-15(12)19-4/h5-7,11,13H,8-10,17H2,1-4H3. The Morgan fingerprint density at radius 2 is 2.05 bits per heavy atom. The van der Waals surface area contributed by atoms with Crippen molar-refractivity contribution in [1.82, 2.24) is 4.90 Å². The van der Waals surface area contributed by atoms with Crippen molar-refractivity contribution in [2.45, 2.75) is 20.4 Å². The molecule has 2 N–H and O–H groups in total. The van der Waals surface area contributed by atoms with Crippen LogP contribution in [0.25, 0.3) is 0 Å². The molecule has 0 aromatic heterocycles. The Kier molecular flexibility index (Phi) is 6.83. The van der Waals surface area contributed by atoms with Crippen molar-refractivity contribution in [2.75, 3.05) is 27.2 Å². The number of ether oxygens (including phenoxy) is 1. The molecule has 0 aliphatic heterocycles. The number of methoxy groups -OCH3 is 1. The van der Waals surface area contributed by atoms with Gasteiger partial charge in [-0.15, -0.1) is 0 Å². The van der Waals surface area contributed by atoms with Crippen LogP contribution in [-0.4, -0.2) is 32.1 Å². The molecule has 0 aliphatic carbocycles. The maximum Gasteiger partial charge on any atom is 0.123 e. The molecule has 1 aromatic rings. The smallest absolute Gasteiger partial charge is 0.123 e. The predicted octanol–water partition coefficient (Wildman–Crippen LogP) is 3.12. The van der Waals surface area contributed by atoms with Gasteiger partial charge in [0.15, 0.2) is 0 Å². The molecule has 4 heteroatoms. The maximum absolute atomic E-state index is 5.84. The first-order chi connectivity index (χ1) is 8.97. The Balaban J connectivity index is 2.70. The summed E-state index contributed by atoms with van der Waals surface area (Å²) in [6, 6.07) is 6.11. The van der Waals surface area contributed by atoms with E-state index in [0.717, 1.165) is 29.9 Å². The van der Waals surface area contributed by atoms with Crippen LogP contribution in [0.4, 0.5) is 0 Å². The zero-order chi connectivity index (χ0) is 14.4. The van der Waals surface area contributed by atoms with Crippen molar-refractivity contribution in [2.24, 2.45) is 17.6 Å². The van der Waals surface area contributed by atoms with Crippen molar-refractivity contribution in [3.8, 4) is 5.75 Å². The van der Waals surface area contributed by atoms with Gasteiger partial charge in [0.05, 0.1) is 7.11 Å². The second-order valence-corrected chi connectivity index (χ2v) is 6.31. The fraction of sp³-hybridized carbons (Fsp3) is 0.600. The molecule has 0 saturated heterocycles. The van der Waals surface area contributed by atoms with E-state index in [2.05, 4.69) is 47.8 Å². The molecular formula is C15H25BrN2O. The van der Waals surface area contributed by atoms with Gasteiger partial charge in [-0.25, -0.2) is 0 Å². The molecule has 0 aliphatic rings. The van der Waals surface area contributed by atoms with Gasteiger partial charge in [-0.2, -0.15) is 0 Å². The lowest BCUT2D eigenvalue weighted by molar-refractivity contribution is 0.232. The summed E-state index contributed by atoms with van der Waals surface area (Å²) in [6.45, 7) is 7.06. The molecular weight excluding hydrogens is 304 g/mol. The topological polar surface area (TPSA) is 38.5 Å². The zero-order valence-electron chi connectivity index (χ0n) is 12.3. The summed E-state index contributed by atoms with van der Waals surface area (Å²) in [5, 5.41) is 0. The molecule has 1 unspecified atom stereocenters. The van der Waals surface area contributed by atoms with Crippen LogP contribution in [-0.2, 0) is 6.54 Å². The lowest BCUT2D eigenvalue weighted by Gasteiger charge is -2.26. The van der Waals surface area contributed by atoms with Crippen LogP contribution in [0.3, 0.4) is 0 Å². The van der Waals surface area contributed by atoms with Crippen LogP contribution >= 0.6 is 15.9 Å². The van der Waals surface area contributed by atoms with E-state index < -0.39 is 0 Å². The number of halogens is 1. The first-order valence-electron chi connectivity index (χ1n) is 6.69. The van der Waals surface area contributed by atoms with Gasteiger partial charge in [-0.05, 0) is 43.6 Å². The predicted molar refractivity (Wildman–Crippen MR) is 84.4 cm³/mol. The summed E-state index contributed by atoms with van der Waals surface area (Å²) in [5.74, 6) is 2.07. The van der Waals surface area contributed by atoms with Crippen molar-refractivity contribution in [3.63, 3.8) is 0 Å². The molecule has 0 fully saturated rings. The molecule has 1 atom stereocenters. The number of hydrogen-bond acceptors (Lipinski definition) is 3. The summed E-state index contributed by atoms with van der Waals surface area (Å²) in [6.07, 6.45) is 0. The normalized spacial score (nSPS) is 13.1. The molecule has 0 spiro atoms. The minimum absolute atomic E-state index is 0.531. The Morgan fingerprint density at radius 1 is 1.37 bits per heavy atom. The molecule has 0 bridgehead atoms. The summed E-state index contributed by atoms with van der Waals surface area (Å²) in [5.41, 5.74) is 7.03. The number of hydrogen-bond donors (Lipinski definition) is 1. The lowest BCUT2D eigenvalue weighted by atomic mass is 9.95. The van der Waals surface area contributed by atoms with Gasteiger partial charge < -0.3 is 15.4 Å². The first-order valence-corrected chi connectivity index (χ1v) is 7.48. The minimum Gasteiger partial charge on any atom is -0.496 e. The molecule has 0 radical (unpaired) electrons. The van der Waals surface area contributed by atoms with Gasteiger partial charge in [0.1, 0.15) is 5.75 Å². The molecule has 1 rings (SSSR count). The first kappa shape index (κ1) is 16.5. The summed E-state index contributed by atoms with van der Waals surface area (Å²) in [4.78, 5) is 2.31. The molecule has 3 nitrogen and oxygen atoms in total. The fourth-order valence-electron chi connectivity index (χ4n) is 2.18. The number of benzene rings is 1. The van der Waals surface area contributed by atoms with Gasteiger partial charge in [-0.1, -0.05) is 29.8 Å². The molecule has 0 saturated carbocycles. The Morgan fingerprint density at radius 3 is 2.58 bits per heavy atom. The van der Waals surface area contributed by atoms with E-state index in [1.54, 1.807) is 7.11 Å². The van der Waals surface area contributed by atoms with Gasteiger partial charge >= 0.3 is 0 Å². The van der Waals surface area contributed by atoms with Gasteiger partial charge in [0.2, 0.25) is 0 Å². The van der Waals surface area contributed by atoms with Crippen LogP contribution in [0.1, 0.15) is 19.4 Å². The third-order valence-electron chi connectivity index (χ3n) is 3.47. The van der Waals surface area contributed by atoms with E-state index in [9.17, 15) is 0 Å². The van der Waals surface area contributed by atoms with E-state index >= 15 is 0 Å². The Hall–Kier alpha value is -0.580. The highest BCUT2D eigenvalue weighted by atomic mass is 79.9. The van der Waals surface area contributed by atoms with Crippen LogP contribution in [0.5, 0.6) is 5.75 Å². The summed E-state index contributed by atoms with van der Waals surface area (Å²) >= 11 is 3.51. The fourth-order valence-corrected chi connectivity index (χ4v) is 2.59. The molecule has 19 heavy (non-hydrogen) atoms. The van der Waals surface area contributed by atoms with Crippen molar-refractivity contribution < 1.29 is 4.74 Å². The number of rotatable bonds is 7. The van der Waals surface area contributed by atoms with Crippen molar-refractivity contribution in [3.05, 3.63) is 28.2 Å². The van der Waals surface area contributed by atoms with Crippen LogP contribution in [0.15, 0.2) is 22.7 Å². The molecule has 108 valence electrons. The monoisotopic (exact) mass is 328 g/mol. The minimum atomic E-state index is 0.531. The molecule has 1 aromatic carbocycles. The third kappa shape index (κ3) is 5.13. The highest BCUT2D eigenvalue weighted by molar-refractivity contribution is 9.10. The van der Waals surface area contributed by atoms with Gasteiger partial charge in [0.25, 0.3) is 0 Å². The van der Waals surface area contributed by atoms with E-state index in [-0.39, 0.29) is 0 Å². The van der Waals surface area contributed by atoms with Crippen molar-refractivity contribution >= 4 is 15.9 Å². The number of nitrogens with zero attached hydrogens (tertiary/aromatic N) is 1. The average Bonchev–Trinajstić information content (AvgIpc) is 2.35. The van der Waals surface area contributed by atoms with Gasteiger partial charge in [-0.3, -0.25) is 0 Å². The van der Waals surface area contributed by atoms with E-state index in [4.69, 9.17) is 10.5 Å². The lowest BCUT2D eigenvalue weighted by Crippen LogP contribution is -2.33. The van der Waals surface area contributed by atoms with E-state index in [0.29, 0.717) is 11.8 Å². The van der Waals surface area contributed by atoms with Crippen molar-refractivity contribution in [1.29, 1.82) is 0 Å². The van der Waals surface area contributed by atoms with Crippen LogP contribution in [0, 0.1) is 11.8 Å². The second kappa shape index (κ2) is 7.88. The van der Waals surface area contributed by atoms with Crippen LogP contribution in [0.2, 0.25) is 0 Å². The Labute approximate surface area is 125 Å². The SMILES string of the molecule is COc1ccc(Br)cc1CN(C)CC(CN)C(C)C. The summed E-state index contributed by atoms with van der Waals surface area (Å²) in [7, 11) is 3.84. The van der Waals surface area contributed by atoms with Crippen LogP contribution < -0.4 is 10.5 Å². The highest BCUT2D eigenvalue weighted by Crippen LogP contribution is 2.24. The third-order valence-corrected chi connectivity index (χ3v) is 3.97. The quantitative estimate of drug-likeness (QED) is 0.835. The highest BCUT2D eigenvalue weighted by Gasteiger charge is 2.15. The summed E-state index contributed by atoms with van der Waals surface area (Å²) < 4.78 is 6.49. The molecule has 0 amide bonds. The zero-order valence-corrected chi connectivity index (χ0v) is 13.9. The molecule has 0 heterocycles. The largest absolute Gasteiger partial charge is 0.496 e. The second-order valence-electron chi connectivity index (χ2n) is 5.39. The van der Waals surface area contributed by atoms with E-state index in [1.165, 1.54) is 5.56 Å². The maximum atomic E-state index is 5.84. The Bertz CT molecular complexity index is 396. The van der Waals surface area contributed by atoms with E-state index in [1.807, 2.05) is 12.1 Å². The number of nitrogens with two attached hydrogens (primary N) is 1. The average molecular weight is 329 g/mol. The van der Waals surface area contributed by atoms with Gasteiger partial charge in [0, 0.05) is 23.1 Å².